The minimum absolute atomic E-state index is 0.0660. The van der Waals surface area contributed by atoms with Crippen LogP contribution in [0.25, 0.3) is 0 Å². The summed E-state index contributed by atoms with van der Waals surface area (Å²) >= 11 is 3.40. The molecule has 0 aliphatic heterocycles. The van der Waals surface area contributed by atoms with Gasteiger partial charge in [-0.25, -0.2) is 0 Å². The standard InChI is InChI=1S/C18H20BrNO3/c1-13(23-17-10-8-16(22-3)9-11-17)18(21)20(2)12-14-4-6-15(19)7-5-14/h4-11,13H,12H2,1-3H3. The van der Waals surface area contributed by atoms with E-state index >= 15 is 0 Å². The fourth-order valence-corrected chi connectivity index (χ4v) is 2.43. The van der Waals surface area contributed by atoms with Crippen LogP contribution < -0.4 is 9.47 Å². The number of carbonyl (C=O) groups excluding carboxylic acids is 1. The van der Waals surface area contributed by atoms with Gasteiger partial charge < -0.3 is 14.4 Å². The molecular weight excluding hydrogens is 358 g/mol. The molecule has 0 radical (unpaired) electrons. The van der Waals surface area contributed by atoms with Crippen molar-refractivity contribution in [3.8, 4) is 11.5 Å². The molecule has 4 nitrogen and oxygen atoms in total. The average molecular weight is 378 g/mol. The Morgan fingerprint density at radius 3 is 2.22 bits per heavy atom. The average Bonchev–Trinajstić information content (AvgIpc) is 2.56. The smallest absolute Gasteiger partial charge is 0.263 e. The summed E-state index contributed by atoms with van der Waals surface area (Å²) in [6, 6.07) is 15.1. The SMILES string of the molecule is COc1ccc(OC(C)C(=O)N(C)Cc2ccc(Br)cc2)cc1. The molecule has 5 heteroatoms. The molecule has 2 aromatic carbocycles. The first kappa shape index (κ1) is 17.3. The zero-order valence-corrected chi connectivity index (χ0v) is 15.0. The molecule has 0 fully saturated rings. The van der Waals surface area contributed by atoms with Gasteiger partial charge in [0.25, 0.3) is 5.91 Å². The summed E-state index contributed by atoms with van der Waals surface area (Å²) in [5.41, 5.74) is 1.07. The monoisotopic (exact) mass is 377 g/mol. The summed E-state index contributed by atoms with van der Waals surface area (Å²) in [6.45, 7) is 2.30. The van der Waals surface area contributed by atoms with Gasteiger partial charge in [-0.2, -0.15) is 0 Å². The van der Waals surface area contributed by atoms with Gasteiger partial charge in [0.2, 0.25) is 0 Å². The minimum atomic E-state index is -0.552. The molecule has 0 aromatic heterocycles. The van der Waals surface area contributed by atoms with E-state index in [4.69, 9.17) is 9.47 Å². The molecule has 0 saturated carbocycles. The molecular formula is C18H20BrNO3. The van der Waals surface area contributed by atoms with Crippen molar-refractivity contribution in [3.63, 3.8) is 0 Å². The molecule has 0 heterocycles. The summed E-state index contributed by atoms with van der Waals surface area (Å²) in [6.07, 6.45) is -0.552. The van der Waals surface area contributed by atoms with Gasteiger partial charge >= 0.3 is 0 Å². The molecule has 2 rings (SSSR count). The van der Waals surface area contributed by atoms with Crippen molar-refractivity contribution in [2.24, 2.45) is 0 Å². The quantitative estimate of drug-likeness (QED) is 0.766. The molecule has 1 unspecified atom stereocenters. The van der Waals surface area contributed by atoms with Crippen molar-refractivity contribution in [1.29, 1.82) is 0 Å². The van der Waals surface area contributed by atoms with Gasteiger partial charge in [0.15, 0.2) is 6.10 Å². The number of methoxy groups -OCH3 is 1. The number of halogens is 1. The number of nitrogens with zero attached hydrogens (tertiary/aromatic N) is 1. The lowest BCUT2D eigenvalue weighted by molar-refractivity contribution is -0.137. The van der Waals surface area contributed by atoms with Crippen molar-refractivity contribution >= 4 is 21.8 Å². The highest BCUT2D eigenvalue weighted by Gasteiger charge is 2.19. The maximum absolute atomic E-state index is 12.4. The van der Waals surface area contributed by atoms with Crippen LogP contribution in [0, 0.1) is 0 Å². The number of rotatable bonds is 6. The van der Waals surface area contributed by atoms with Crippen molar-refractivity contribution in [1.82, 2.24) is 4.90 Å². The van der Waals surface area contributed by atoms with Gasteiger partial charge in [-0.1, -0.05) is 28.1 Å². The molecule has 0 aliphatic rings. The first-order valence-electron chi connectivity index (χ1n) is 7.29. The van der Waals surface area contributed by atoms with Crippen LogP contribution in [0.4, 0.5) is 0 Å². The van der Waals surface area contributed by atoms with Crippen LogP contribution in [0.2, 0.25) is 0 Å². The molecule has 23 heavy (non-hydrogen) atoms. The molecule has 122 valence electrons. The number of ether oxygens (including phenoxy) is 2. The highest BCUT2D eigenvalue weighted by atomic mass is 79.9. The van der Waals surface area contributed by atoms with Gasteiger partial charge in [0.05, 0.1) is 7.11 Å². The number of carbonyl (C=O) groups is 1. The maximum atomic E-state index is 12.4. The zero-order chi connectivity index (χ0) is 16.8. The van der Waals surface area contributed by atoms with Crippen LogP contribution in [0.5, 0.6) is 11.5 Å². The van der Waals surface area contributed by atoms with Crippen molar-refractivity contribution in [2.75, 3.05) is 14.2 Å². The molecule has 0 N–H and O–H groups in total. The fraction of sp³-hybridized carbons (Fsp3) is 0.278. The molecule has 0 saturated heterocycles. The number of amides is 1. The third-order valence-corrected chi connectivity index (χ3v) is 3.96. The lowest BCUT2D eigenvalue weighted by atomic mass is 10.2. The topological polar surface area (TPSA) is 38.8 Å². The Balaban J connectivity index is 1.93. The normalized spacial score (nSPS) is 11.7. The second-order valence-corrected chi connectivity index (χ2v) is 6.17. The van der Waals surface area contributed by atoms with Crippen LogP contribution in [-0.4, -0.2) is 31.1 Å². The van der Waals surface area contributed by atoms with Crippen LogP contribution in [0.15, 0.2) is 53.0 Å². The predicted octanol–water partition coefficient (Wildman–Crippen LogP) is 3.88. The van der Waals surface area contributed by atoms with E-state index in [2.05, 4.69) is 15.9 Å². The lowest BCUT2D eigenvalue weighted by Gasteiger charge is -2.22. The van der Waals surface area contributed by atoms with Gasteiger partial charge in [0, 0.05) is 18.1 Å². The summed E-state index contributed by atoms with van der Waals surface area (Å²) in [5.74, 6) is 1.33. The first-order chi connectivity index (χ1) is 11.0. The number of hydrogen-bond acceptors (Lipinski definition) is 3. The number of likely N-dealkylation sites (N-methyl/N-ethyl adjacent to an activating group) is 1. The second kappa shape index (κ2) is 8.02. The van der Waals surface area contributed by atoms with Crippen molar-refractivity contribution < 1.29 is 14.3 Å². The summed E-state index contributed by atoms with van der Waals surface area (Å²) in [4.78, 5) is 14.1. The Hall–Kier alpha value is -2.01. The van der Waals surface area contributed by atoms with E-state index in [-0.39, 0.29) is 5.91 Å². The van der Waals surface area contributed by atoms with Gasteiger partial charge in [-0.05, 0) is 48.9 Å². The van der Waals surface area contributed by atoms with Crippen molar-refractivity contribution in [2.45, 2.75) is 19.6 Å². The van der Waals surface area contributed by atoms with Crippen LogP contribution in [0.1, 0.15) is 12.5 Å². The first-order valence-corrected chi connectivity index (χ1v) is 8.09. The lowest BCUT2D eigenvalue weighted by Crippen LogP contribution is -2.37. The molecule has 0 bridgehead atoms. The van der Waals surface area contributed by atoms with E-state index in [9.17, 15) is 4.79 Å². The summed E-state index contributed by atoms with van der Waals surface area (Å²) in [7, 11) is 3.39. The Morgan fingerprint density at radius 1 is 1.09 bits per heavy atom. The van der Waals surface area contributed by atoms with E-state index in [0.717, 1.165) is 15.8 Å². The van der Waals surface area contributed by atoms with Crippen LogP contribution >= 0.6 is 15.9 Å². The van der Waals surface area contributed by atoms with Gasteiger partial charge in [0.1, 0.15) is 11.5 Å². The van der Waals surface area contributed by atoms with Crippen molar-refractivity contribution in [3.05, 3.63) is 58.6 Å². The third-order valence-electron chi connectivity index (χ3n) is 3.43. The Labute approximate surface area is 145 Å². The zero-order valence-electron chi connectivity index (χ0n) is 13.5. The Kier molecular flexibility index (Phi) is 6.04. The molecule has 2 aromatic rings. The maximum Gasteiger partial charge on any atom is 0.263 e. The third kappa shape index (κ3) is 4.99. The predicted molar refractivity (Wildman–Crippen MR) is 93.7 cm³/mol. The van der Waals surface area contributed by atoms with E-state index in [1.165, 1.54) is 0 Å². The molecule has 1 atom stereocenters. The molecule has 0 aliphatic carbocycles. The number of hydrogen-bond donors (Lipinski definition) is 0. The highest BCUT2D eigenvalue weighted by molar-refractivity contribution is 9.10. The largest absolute Gasteiger partial charge is 0.497 e. The second-order valence-electron chi connectivity index (χ2n) is 5.26. The van der Waals surface area contributed by atoms with Gasteiger partial charge in [-0.15, -0.1) is 0 Å². The minimum Gasteiger partial charge on any atom is -0.497 e. The highest BCUT2D eigenvalue weighted by Crippen LogP contribution is 2.19. The van der Waals surface area contributed by atoms with E-state index in [1.54, 1.807) is 50.2 Å². The van der Waals surface area contributed by atoms with Crippen LogP contribution in [0.3, 0.4) is 0 Å². The van der Waals surface area contributed by atoms with E-state index in [0.29, 0.717) is 12.3 Å². The number of benzene rings is 2. The summed E-state index contributed by atoms with van der Waals surface area (Å²) < 4.78 is 11.8. The molecule has 1 amide bonds. The van der Waals surface area contributed by atoms with Gasteiger partial charge in [-0.3, -0.25) is 4.79 Å². The summed E-state index contributed by atoms with van der Waals surface area (Å²) in [5, 5.41) is 0. The fourth-order valence-electron chi connectivity index (χ4n) is 2.16. The molecule has 0 spiro atoms. The van der Waals surface area contributed by atoms with E-state index in [1.807, 2.05) is 24.3 Å². The Bertz CT molecular complexity index is 640. The van der Waals surface area contributed by atoms with Crippen LogP contribution in [-0.2, 0) is 11.3 Å². The van der Waals surface area contributed by atoms with E-state index < -0.39 is 6.10 Å². The Morgan fingerprint density at radius 2 is 1.65 bits per heavy atom.